The summed E-state index contributed by atoms with van der Waals surface area (Å²) in [6.07, 6.45) is 8.45. The Morgan fingerprint density at radius 3 is 2.73 bits per heavy atom. The van der Waals surface area contributed by atoms with Gasteiger partial charge in [0, 0.05) is 42.8 Å². The minimum Gasteiger partial charge on any atom is -0.504 e. The summed E-state index contributed by atoms with van der Waals surface area (Å²) in [7, 11) is 4.39. The van der Waals surface area contributed by atoms with E-state index in [1.807, 2.05) is 27.0 Å². The number of aliphatic hydroxyl groups is 1. The first-order valence-electron chi connectivity index (χ1n) is 13.2. The first kappa shape index (κ1) is 19.9. The van der Waals surface area contributed by atoms with Crippen molar-refractivity contribution in [1.29, 1.82) is 0 Å². The van der Waals surface area contributed by atoms with Crippen molar-refractivity contribution < 1.29 is 24.2 Å². The number of hydrogen-bond acceptors (Lipinski definition) is 4. The van der Waals surface area contributed by atoms with E-state index in [-0.39, 0.29) is 29.0 Å². The van der Waals surface area contributed by atoms with Gasteiger partial charge in [-0.1, -0.05) is 6.07 Å². The van der Waals surface area contributed by atoms with Crippen LogP contribution in [0.4, 0.5) is 0 Å². The Morgan fingerprint density at radius 1 is 1.24 bits per heavy atom. The highest BCUT2D eigenvalue weighted by Crippen LogP contribution is 2.85. The maximum atomic E-state index is 11.4. The van der Waals surface area contributed by atoms with E-state index < -0.39 is 5.60 Å². The summed E-state index contributed by atoms with van der Waals surface area (Å²) >= 11 is 0. The number of phenolic OH excluding ortho intramolecular Hbond substituents is 1. The number of phenols is 1. The Balaban J connectivity index is 1.38. The number of benzene rings is 1. The zero-order chi connectivity index (χ0) is 22.8. The van der Waals surface area contributed by atoms with Crippen LogP contribution in [0.1, 0.15) is 63.5 Å². The lowest BCUT2D eigenvalue weighted by molar-refractivity contribution is -0.835. The molecule has 9 atom stereocenters. The molecule has 0 radical (unpaired) electrons. The fourth-order valence-electron chi connectivity index (χ4n) is 11.2. The second-order valence-electron chi connectivity index (χ2n) is 13.8. The molecule has 1 aromatic rings. The quantitative estimate of drug-likeness (QED) is 0.542. The van der Waals surface area contributed by atoms with Crippen molar-refractivity contribution in [2.75, 3.05) is 20.7 Å². The Labute approximate surface area is 196 Å². The van der Waals surface area contributed by atoms with Gasteiger partial charge >= 0.3 is 0 Å². The normalized spacial score (nSPS) is 52.2. The van der Waals surface area contributed by atoms with Gasteiger partial charge in [0.2, 0.25) is 0 Å². The molecule has 0 aromatic heterocycles. The Kier molecular flexibility index (Phi) is 3.28. The number of nitrogens with zero attached hydrogens (tertiary/aromatic N) is 1. The second-order valence-corrected chi connectivity index (χ2v) is 13.8. The Morgan fingerprint density at radius 2 is 2.03 bits per heavy atom. The number of quaternary nitrogens is 1. The minimum atomic E-state index is -0.779. The van der Waals surface area contributed by atoms with Gasteiger partial charge in [0.1, 0.15) is 6.10 Å². The predicted molar refractivity (Wildman–Crippen MR) is 123 cm³/mol. The lowest BCUT2D eigenvalue weighted by Gasteiger charge is -2.62. The molecule has 33 heavy (non-hydrogen) atoms. The number of rotatable bonds is 4. The molecule has 5 nitrogen and oxygen atoms in total. The molecule has 5 unspecified atom stereocenters. The number of likely N-dealkylation sites (tertiary alicyclic amines) is 1. The molecule has 1 aromatic carbocycles. The lowest BCUT2D eigenvalue weighted by atomic mass is 9.43. The van der Waals surface area contributed by atoms with Crippen molar-refractivity contribution in [2.24, 2.45) is 23.2 Å². The minimum absolute atomic E-state index is 0.0145. The van der Waals surface area contributed by atoms with Crippen molar-refractivity contribution in [3.8, 4) is 11.5 Å². The summed E-state index contributed by atoms with van der Waals surface area (Å²) in [5.41, 5.74) is 2.40. The molecular formula is C28H38NO4+. The van der Waals surface area contributed by atoms with Crippen LogP contribution in [-0.2, 0) is 16.6 Å². The van der Waals surface area contributed by atoms with E-state index in [0.29, 0.717) is 23.2 Å². The van der Waals surface area contributed by atoms with Crippen molar-refractivity contribution in [1.82, 2.24) is 0 Å². The van der Waals surface area contributed by atoms with Crippen LogP contribution in [0, 0.1) is 23.2 Å². The standard InChI is InChI=1S/C28H37NO4/c1-25(2,31)18-12-26-10-17(22(18)32-4)9-20-28(26)14-27(24(26)29(27,3)13-15-5-6-15)11-16-7-8-19(30)23(33-20)21(16)28/h7-8,15,17-18,20,22,24,31H,5-6,9-14H2,1-4H3/p+1/t17-,18+,20?,22?,24?,26-,27?,28-,29?/m1/s1. The van der Waals surface area contributed by atoms with Crippen LogP contribution in [0.3, 0.4) is 0 Å². The van der Waals surface area contributed by atoms with Crippen LogP contribution in [0.2, 0.25) is 0 Å². The monoisotopic (exact) mass is 452 g/mol. The zero-order valence-corrected chi connectivity index (χ0v) is 20.4. The van der Waals surface area contributed by atoms with E-state index in [2.05, 4.69) is 13.1 Å². The number of fused-ring (bicyclic) bond motifs is 1. The number of hydrogen-bond donors (Lipinski definition) is 2. The Bertz CT molecular complexity index is 1090. The molecule has 5 aliphatic carbocycles. The van der Waals surface area contributed by atoms with Gasteiger partial charge in [-0.15, -0.1) is 0 Å². The molecule has 3 spiro atoms. The number of piperidine rings is 1. The molecule has 8 rings (SSSR count). The average molecular weight is 453 g/mol. The molecule has 2 N–H and O–H groups in total. The number of methoxy groups -OCH3 is 1. The topological polar surface area (TPSA) is 58.9 Å². The average Bonchev–Trinajstić information content (AvgIpc) is 3.57. The third kappa shape index (κ3) is 1.92. The zero-order valence-electron chi connectivity index (χ0n) is 20.4. The van der Waals surface area contributed by atoms with Gasteiger partial charge in [0.05, 0.1) is 30.7 Å². The van der Waals surface area contributed by atoms with Gasteiger partial charge in [-0.05, 0) is 63.5 Å². The largest absolute Gasteiger partial charge is 0.504 e. The fraction of sp³-hybridized carbons (Fsp3) is 0.786. The summed E-state index contributed by atoms with van der Waals surface area (Å²) in [5, 5.41) is 22.3. The Hall–Kier alpha value is -1.30. The van der Waals surface area contributed by atoms with Gasteiger partial charge in [0.15, 0.2) is 23.1 Å². The molecule has 2 aliphatic heterocycles. The molecular weight excluding hydrogens is 414 g/mol. The highest BCUT2D eigenvalue weighted by molar-refractivity contribution is 5.64. The maximum absolute atomic E-state index is 11.4. The highest BCUT2D eigenvalue weighted by Gasteiger charge is 2.96. The maximum Gasteiger partial charge on any atom is 0.165 e. The van der Waals surface area contributed by atoms with Crippen LogP contribution in [0.15, 0.2) is 12.1 Å². The van der Waals surface area contributed by atoms with Gasteiger partial charge < -0.3 is 24.2 Å². The number of aromatic hydroxyl groups is 1. The van der Waals surface area contributed by atoms with Crippen molar-refractivity contribution in [3.05, 3.63) is 23.3 Å². The first-order valence-corrected chi connectivity index (χ1v) is 13.2. The van der Waals surface area contributed by atoms with E-state index in [9.17, 15) is 10.2 Å². The van der Waals surface area contributed by atoms with Crippen molar-refractivity contribution in [2.45, 2.75) is 93.6 Å². The van der Waals surface area contributed by atoms with E-state index >= 15 is 0 Å². The lowest BCUT2D eigenvalue weighted by Crippen LogP contribution is -2.68. The molecule has 4 saturated carbocycles. The van der Waals surface area contributed by atoms with Crippen LogP contribution < -0.4 is 4.74 Å². The SMILES string of the molecule is COC1[C@@H]2CC3Oc4c(O)ccc5c4[C@@]34CC3(C5)C([C@@]4(C2)C[C@@H]1C(C)(C)O)[N+]3(C)CC1CC1. The van der Waals surface area contributed by atoms with Gasteiger partial charge in [0.25, 0.3) is 0 Å². The summed E-state index contributed by atoms with van der Waals surface area (Å²) in [6, 6.07) is 4.71. The van der Waals surface area contributed by atoms with E-state index in [1.54, 1.807) is 0 Å². The van der Waals surface area contributed by atoms with Crippen LogP contribution >= 0.6 is 0 Å². The van der Waals surface area contributed by atoms with E-state index in [0.717, 1.165) is 30.9 Å². The smallest absolute Gasteiger partial charge is 0.165 e. The molecule has 7 aliphatic rings. The number of likely N-dealkylation sites (N-methyl/N-ethyl adjacent to an activating group) is 1. The first-order chi connectivity index (χ1) is 15.6. The molecule has 2 heterocycles. The predicted octanol–water partition coefficient (Wildman–Crippen LogP) is 3.53. The van der Waals surface area contributed by atoms with E-state index in [4.69, 9.17) is 9.47 Å². The summed E-state index contributed by atoms with van der Waals surface area (Å²) < 4.78 is 14.1. The summed E-state index contributed by atoms with van der Waals surface area (Å²) in [5.74, 6) is 2.51. The van der Waals surface area contributed by atoms with Gasteiger partial charge in [-0.2, -0.15) is 0 Å². The second kappa shape index (κ2) is 5.42. The fourth-order valence-corrected chi connectivity index (χ4v) is 11.2. The van der Waals surface area contributed by atoms with Crippen LogP contribution in [0.5, 0.6) is 11.5 Å². The molecule has 4 bridgehead atoms. The highest BCUT2D eigenvalue weighted by atomic mass is 16.5. The van der Waals surface area contributed by atoms with Gasteiger partial charge in [-0.3, -0.25) is 0 Å². The third-order valence-electron chi connectivity index (χ3n) is 12.1. The van der Waals surface area contributed by atoms with E-state index in [1.165, 1.54) is 47.8 Å². The van der Waals surface area contributed by atoms with Crippen LogP contribution in [-0.4, -0.2) is 64.8 Å². The summed E-state index contributed by atoms with van der Waals surface area (Å²) in [4.78, 5) is 0. The molecule has 178 valence electrons. The molecule has 5 fully saturated rings. The molecule has 1 saturated heterocycles. The molecule has 0 amide bonds. The van der Waals surface area contributed by atoms with Crippen molar-refractivity contribution >= 4 is 0 Å². The number of ether oxygens (including phenoxy) is 2. The van der Waals surface area contributed by atoms with Gasteiger partial charge in [-0.25, -0.2) is 0 Å². The van der Waals surface area contributed by atoms with Crippen molar-refractivity contribution in [3.63, 3.8) is 0 Å². The molecule has 5 heteroatoms. The van der Waals surface area contributed by atoms with Crippen LogP contribution in [0.25, 0.3) is 0 Å². The summed E-state index contributed by atoms with van der Waals surface area (Å²) in [6.45, 7) is 5.31. The third-order valence-corrected chi connectivity index (χ3v) is 12.1.